The quantitative estimate of drug-likeness (QED) is 0.760. The predicted octanol–water partition coefficient (Wildman–Crippen LogP) is 3.37. The smallest absolute Gasteiger partial charge is 0.260 e. The van der Waals surface area contributed by atoms with Crippen molar-refractivity contribution in [3.05, 3.63) is 58.1 Å². The molecule has 0 aromatic heterocycles. The Hall–Kier alpha value is -2.52. The summed E-state index contributed by atoms with van der Waals surface area (Å²) in [5.41, 5.74) is 1.49. The van der Waals surface area contributed by atoms with E-state index >= 15 is 0 Å². The van der Waals surface area contributed by atoms with E-state index in [1.165, 1.54) is 7.11 Å². The van der Waals surface area contributed by atoms with Crippen molar-refractivity contribution in [1.29, 1.82) is 5.26 Å². The highest BCUT2D eigenvalue weighted by Crippen LogP contribution is 2.27. The lowest BCUT2D eigenvalue weighted by atomic mass is 10.2. The molecule has 2 aromatic rings. The summed E-state index contributed by atoms with van der Waals surface area (Å²) in [5, 5.41) is 8.89. The standard InChI is InChI=1S/C18H17BrN2O3/c1-21(11-14-5-3-4-6-15(14)19)18(22)12-24-16-8-7-13(10-20)9-17(16)23-2/h3-9H,11-12H2,1-2H3. The van der Waals surface area contributed by atoms with Gasteiger partial charge >= 0.3 is 0 Å². The Bertz CT molecular complexity index is 771. The monoisotopic (exact) mass is 388 g/mol. The van der Waals surface area contributed by atoms with Gasteiger partial charge in [0.1, 0.15) is 0 Å². The van der Waals surface area contributed by atoms with Crippen molar-refractivity contribution >= 4 is 21.8 Å². The minimum Gasteiger partial charge on any atom is -0.493 e. The lowest BCUT2D eigenvalue weighted by Crippen LogP contribution is -2.31. The summed E-state index contributed by atoms with van der Waals surface area (Å²) < 4.78 is 11.7. The van der Waals surface area contributed by atoms with Gasteiger partial charge in [0.2, 0.25) is 0 Å². The van der Waals surface area contributed by atoms with Crippen LogP contribution < -0.4 is 9.47 Å². The van der Waals surface area contributed by atoms with Crippen LogP contribution in [-0.2, 0) is 11.3 Å². The molecule has 124 valence electrons. The van der Waals surface area contributed by atoms with Gasteiger partial charge in [-0.05, 0) is 23.8 Å². The van der Waals surface area contributed by atoms with Crippen LogP contribution in [0, 0.1) is 11.3 Å². The first-order chi connectivity index (χ1) is 11.5. The van der Waals surface area contributed by atoms with Gasteiger partial charge < -0.3 is 14.4 Å². The Morgan fingerprint density at radius 2 is 2.00 bits per heavy atom. The Kier molecular flexibility index (Phi) is 6.21. The predicted molar refractivity (Wildman–Crippen MR) is 93.8 cm³/mol. The molecule has 0 saturated carbocycles. The Labute approximate surface area is 149 Å². The number of nitriles is 1. The molecule has 0 N–H and O–H groups in total. The molecule has 2 aromatic carbocycles. The molecule has 0 radical (unpaired) electrons. The minimum absolute atomic E-state index is 0.108. The molecule has 5 nitrogen and oxygen atoms in total. The van der Waals surface area contributed by atoms with Crippen LogP contribution in [0.1, 0.15) is 11.1 Å². The number of amides is 1. The molecule has 24 heavy (non-hydrogen) atoms. The van der Waals surface area contributed by atoms with Gasteiger partial charge in [-0.1, -0.05) is 34.1 Å². The Morgan fingerprint density at radius 1 is 1.25 bits per heavy atom. The highest BCUT2D eigenvalue weighted by molar-refractivity contribution is 9.10. The zero-order valence-electron chi connectivity index (χ0n) is 13.5. The van der Waals surface area contributed by atoms with E-state index in [1.807, 2.05) is 30.3 Å². The van der Waals surface area contributed by atoms with Crippen LogP contribution in [-0.4, -0.2) is 31.6 Å². The summed E-state index contributed by atoms with van der Waals surface area (Å²) in [5.74, 6) is 0.701. The summed E-state index contributed by atoms with van der Waals surface area (Å²) >= 11 is 3.47. The number of hydrogen-bond acceptors (Lipinski definition) is 4. The van der Waals surface area contributed by atoms with Crippen LogP contribution in [0.2, 0.25) is 0 Å². The SMILES string of the molecule is COc1cc(C#N)ccc1OCC(=O)N(C)Cc1ccccc1Br. The first kappa shape index (κ1) is 17.8. The summed E-state index contributed by atoms with van der Waals surface area (Å²) in [4.78, 5) is 13.8. The summed E-state index contributed by atoms with van der Waals surface area (Å²) in [7, 11) is 3.21. The van der Waals surface area contributed by atoms with E-state index < -0.39 is 0 Å². The highest BCUT2D eigenvalue weighted by Gasteiger charge is 2.13. The molecule has 2 rings (SSSR count). The molecule has 0 atom stereocenters. The minimum atomic E-state index is -0.155. The average molecular weight is 389 g/mol. The molecule has 0 aliphatic heterocycles. The molecule has 0 spiro atoms. The maximum Gasteiger partial charge on any atom is 0.260 e. The zero-order valence-corrected chi connectivity index (χ0v) is 15.0. The van der Waals surface area contributed by atoms with Gasteiger partial charge in [-0.2, -0.15) is 5.26 Å². The Balaban J connectivity index is 1.98. The van der Waals surface area contributed by atoms with Crippen molar-refractivity contribution in [1.82, 2.24) is 4.90 Å². The van der Waals surface area contributed by atoms with E-state index in [0.717, 1.165) is 10.0 Å². The molecule has 6 heteroatoms. The number of rotatable bonds is 6. The Morgan fingerprint density at radius 3 is 2.67 bits per heavy atom. The van der Waals surface area contributed by atoms with E-state index in [-0.39, 0.29) is 12.5 Å². The fraction of sp³-hybridized carbons (Fsp3) is 0.222. The first-order valence-corrected chi connectivity index (χ1v) is 8.02. The van der Waals surface area contributed by atoms with E-state index in [2.05, 4.69) is 15.9 Å². The largest absolute Gasteiger partial charge is 0.493 e. The molecule has 0 aliphatic rings. The molecular formula is C18H17BrN2O3. The molecule has 1 amide bonds. The average Bonchev–Trinajstić information content (AvgIpc) is 2.61. The van der Waals surface area contributed by atoms with Gasteiger partial charge in [0.25, 0.3) is 5.91 Å². The van der Waals surface area contributed by atoms with Crippen LogP contribution in [0.15, 0.2) is 46.9 Å². The van der Waals surface area contributed by atoms with Gasteiger partial charge in [-0.15, -0.1) is 0 Å². The van der Waals surface area contributed by atoms with Crippen LogP contribution in [0.5, 0.6) is 11.5 Å². The maximum absolute atomic E-state index is 12.2. The third-order valence-electron chi connectivity index (χ3n) is 3.43. The normalized spacial score (nSPS) is 9.92. The van der Waals surface area contributed by atoms with Crippen molar-refractivity contribution < 1.29 is 14.3 Å². The van der Waals surface area contributed by atoms with Crippen LogP contribution in [0.4, 0.5) is 0 Å². The number of halogens is 1. The highest BCUT2D eigenvalue weighted by atomic mass is 79.9. The number of carbonyl (C=O) groups excluding carboxylic acids is 1. The van der Waals surface area contributed by atoms with Gasteiger partial charge in [0, 0.05) is 24.1 Å². The second kappa shape index (κ2) is 8.37. The molecule has 0 heterocycles. The van der Waals surface area contributed by atoms with Crippen LogP contribution in [0.25, 0.3) is 0 Å². The van der Waals surface area contributed by atoms with Crippen LogP contribution in [0.3, 0.4) is 0 Å². The fourth-order valence-corrected chi connectivity index (χ4v) is 2.49. The summed E-state index contributed by atoms with van der Waals surface area (Å²) in [6, 6.07) is 14.6. The number of methoxy groups -OCH3 is 1. The zero-order chi connectivity index (χ0) is 17.5. The number of nitrogens with zero attached hydrogens (tertiary/aromatic N) is 2. The molecular weight excluding hydrogens is 372 g/mol. The second-order valence-electron chi connectivity index (χ2n) is 5.11. The van der Waals surface area contributed by atoms with Crippen molar-refractivity contribution in [2.45, 2.75) is 6.54 Å². The van der Waals surface area contributed by atoms with E-state index in [9.17, 15) is 4.79 Å². The molecule has 0 aliphatic carbocycles. The number of hydrogen-bond donors (Lipinski definition) is 0. The second-order valence-corrected chi connectivity index (χ2v) is 5.96. The van der Waals surface area contributed by atoms with Gasteiger partial charge in [-0.3, -0.25) is 4.79 Å². The van der Waals surface area contributed by atoms with Crippen molar-refractivity contribution in [3.8, 4) is 17.6 Å². The number of benzene rings is 2. The van der Waals surface area contributed by atoms with E-state index in [4.69, 9.17) is 14.7 Å². The van der Waals surface area contributed by atoms with Crippen molar-refractivity contribution in [2.75, 3.05) is 20.8 Å². The summed E-state index contributed by atoms with van der Waals surface area (Å²) in [6.07, 6.45) is 0. The molecule has 0 fully saturated rings. The molecule has 0 saturated heterocycles. The number of ether oxygens (including phenoxy) is 2. The van der Waals surface area contributed by atoms with Crippen molar-refractivity contribution in [2.24, 2.45) is 0 Å². The lowest BCUT2D eigenvalue weighted by Gasteiger charge is -2.19. The van der Waals surface area contributed by atoms with Gasteiger partial charge in [0.15, 0.2) is 18.1 Å². The first-order valence-electron chi connectivity index (χ1n) is 7.23. The van der Waals surface area contributed by atoms with E-state index in [0.29, 0.717) is 23.6 Å². The van der Waals surface area contributed by atoms with Gasteiger partial charge in [-0.25, -0.2) is 0 Å². The number of likely N-dealkylation sites (N-methyl/N-ethyl adjacent to an activating group) is 1. The van der Waals surface area contributed by atoms with Crippen LogP contribution >= 0.6 is 15.9 Å². The third kappa shape index (κ3) is 4.49. The summed E-state index contributed by atoms with van der Waals surface area (Å²) in [6.45, 7) is 0.372. The third-order valence-corrected chi connectivity index (χ3v) is 4.21. The molecule has 0 unspecified atom stereocenters. The fourth-order valence-electron chi connectivity index (χ4n) is 2.08. The number of carbonyl (C=O) groups is 1. The van der Waals surface area contributed by atoms with Gasteiger partial charge in [0.05, 0.1) is 18.7 Å². The maximum atomic E-state index is 12.2. The van der Waals surface area contributed by atoms with E-state index in [1.54, 1.807) is 30.1 Å². The lowest BCUT2D eigenvalue weighted by molar-refractivity contribution is -0.132. The molecule has 0 bridgehead atoms. The van der Waals surface area contributed by atoms with Crippen molar-refractivity contribution in [3.63, 3.8) is 0 Å². The topological polar surface area (TPSA) is 62.6 Å².